The van der Waals surface area contributed by atoms with Crippen molar-refractivity contribution in [2.75, 3.05) is 13.2 Å². The molecule has 2 aromatic heterocycles. The maximum absolute atomic E-state index is 12.8. The van der Waals surface area contributed by atoms with Crippen LogP contribution in [0.25, 0.3) is 4.96 Å². The van der Waals surface area contributed by atoms with Crippen molar-refractivity contribution in [2.24, 2.45) is 5.92 Å². The fourth-order valence-corrected chi connectivity index (χ4v) is 5.76. The van der Waals surface area contributed by atoms with Gasteiger partial charge in [-0.05, 0) is 12.3 Å². The first kappa shape index (κ1) is 14.3. The van der Waals surface area contributed by atoms with E-state index in [2.05, 4.69) is 4.98 Å². The number of aromatic nitrogens is 2. The monoisotopic (exact) mass is 335 g/mol. The molecule has 110 valence electrons. The Kier molecular flexibility index (Phi) is 3.54. The first-order valence-electron chi connectivity index (χ1n) is 6.20. The highest BCUT2D eigenvalue weighted by Crippen LogP contribution is 2.33. The van der Waals surface area contributed by atoms with E-state index in [1.165, 1.54) is 20.0 Å². The topological polar surface area (TPSA) is 74.9 Å². The van der Waals surface area contributed by atoms with Crippen molar-refractivity contribution in [1.82, 2.24) is 13.7 Å². The molecule has 20 heavy (non-hydrogen) atoms. The van der Waals surface area contributed by atoms with Gasteiger partial charge in [0.15, 0.2) is 15.1 Å². The number of aliphatic hydroxyl groups is 1. The minimum atomic E-state index is -3.77. The summed E-state index contributed by atoms with van der Waals surface area (Å²) in [5.74, 6) is 0.124. The molecule has 0 radical (unpaired) electrons. The molecule has 0 bridgehead atoms. The van der Waals surface area contributed by atoms with Gasteiger partial charge in [-0.3, -0.25) is 4.40 Å². The minimum absolute atomic E-state index is 0.0111. The number of sulfonamides is 1. The third-order valence-electron chi connectivity index (χ3n) is 3.75. The second kappa shape index (κ2) is 4.96. The first-order valence-corrected chi connectivity index (χ1v) is 8.90. The van der Waals surface area contributed by atoms with Gasteiger partial charge < -0.3 is 5.11 Å². The summed E-state index contributed by atoms with van der Waals surface area (Å²) in [5.41, 5.74) is 0. The zero-order valence-corrected chi connectivity index (χ0v) is 13.1. The summed E-state index contributed by atoms with van der Waals surface area (Å²) >= 11 is 7.33. The second-order valence-electron chi connectivity index (χ2n) is 4.89. The van der Waals surface area contributed by atoms with Gasteiger partial charge in [0.1, 0.15) is 0 Å². The molecule has 1 aliphatic rings. The van der Waals surface area contributed by atoms with Crippen LogP contribution in [-0.2, 0) is 10.0 Å². The predicted molar refractivity (Wildman–Crippen MR) is 76.6 cm³/mol. The number of hydrogen-bond acceptors (Lipinski definition) is 5. The quantitative estimate of drug-likeness (QED) is 0.921. The molecule has 0 aliphatic carbocycles. The van der Waals surface area contributed by atoms with Crippen LogP contribution in [0.5, 0.6) is 0 Å². The van der Waals surface area contributed by atoms with Gasteiger partial charge in [0.25, 0.3) is 10.0 Å². The van der Waals surface area contributed by atoms with Crippen LogP contribution in [0.15, 0.2) is 16.6 Å². The van der Waals surface area contributed by atoms with Crippen molar-refractivity contribution < 1.29 is 13.5 Å². The SMILES string of the molecule is CC1CCN(S(=O)(=O)c2c(Cl)nc3sccn23)C1CO. The van der Waals surface area contributed by atoms with Gasteiger partial charge in [0.05, 0.1) is 12.6 Å². The van der Waals surface area contributed by atoms with E-state index in [1.54, 1.807) is 11.6 Å². The Bertz CT molecular complexity index is 739. The normalized spacial score (nSPS) is 24.8. The van der Waals surface area contributed by atoms with Crippen LogP contribution in [0.1, 0.15) is 13.3 Å². The summed E-state index contributed by atoms with van der Waals surface area (Å²) in [5, 5.41) is 11.2. The lowest BCUT2D eigenvalue weighted by molar-refractivity contribution is 0.191. The van der Waals surface area contributed by atoms with Gasteiger partial charge in [0, 0.05) is 18.1 Å². The average Bonchev–Trinajstić information content (AvgIpc) is 3.02. The van der Waals surface area contributed by atoms with Crippen molar-refractivity contribution in [3.8, 4) is 0 Å². The van der Waals surface area contributed by atoms with Crippen molar-refractivity contribution in [3.05, 3.63) is 16.7 Å². The van der Waals surface area contributed by atoms with Crippen molar-refractivity contribution in [3.63, 3.8) is 0 Å². The van der Waals surface area contributed by atoms with Crippen LogP contribution in [0.3, 0.4) is 0 Å². The predicted octanol–water partition coefficient (Wildman–Crippen LogP) is 1.44. The van der Waals surface area contributed by atoms with Crippen LogP contribution < -0.4 is 0 Å². The summed E-state index contributed by atoms with van der Waals surface area (Å²) in [6, 6.07) is -0.403. The number of halogens is 1. The van der Waals surface area contributed by atoms with Crippen LogP contribution in [0, 0.1) is 5.92 Å². The van der Waals surface area contributed by atoms with Gasteiger partial charge in [-0.15, -0.1) is 11.3 Å². The lowest BCUT2D eigenvalue weighted by Gasteiger charge is -2.24. The van der Waals surface area contributed by atoms with E-state index in [0.29, 0.717) is 11.5 Å². The van der Waals surface area contributed by atoms with Gasteiger partial charge in [-0.2, -0.15) is 4.31 Å². The molecule has 2 unspecified atom stereocenters. The van der Waals surface area contributed by atoms with Crippen molar-refractivity contribution >= 4 is 37.9 Å². The summed E-state index contributed by atoms with van der Waals surface area (Å²) in [7, 11) is -3.77. The molecule has 3 rings (SSSR count). The van der Waals surface area contributed by atoms with Gasteiger partial charge in [0.2, 0.25) is 0 Å². The Labute approximate surface area is 125 Å². The molecule has 9 heteroatoms. The molecule has 1 saturated heterocycles. The average molecular weight is 336 g/mol. The number of hydrogen-bond donors (Lipinski definition) is 1. The summed E-state index contributed by atoms with van der Waals surface area (Å²) in [6.07, 6.45) is 2.37. The van der Waals surface area contributed by atoms with Crippen LogP contribution >= 0.6 is 22.9 Å². The standard InChI is InChI=1S/C11H14ClN3O3S2/c1-7-2-3-15(8(7)6-16)20(17,18)10-9(12)13-11-14(10)4-5-19-11/h4-5,7-8,16H,2-3,6H2,1H3. The Morgan fingerprint density at radius 2 is 2.35 bits per heavy atom. The number of aliphatic hydroxyl groups excluding tert-OH is 1. The van der Waals surface area contributed by atoms with Crippen molar-refractivity contribution in [2.45, 2.75) is 24.4 Å². The lowest BCUT2D eigenvalue weighted by atomic mass is 10.0. The fraction of sp³-hybridized carbons (Fsp3) is 0.545. The Morgan fingerprint density at radius 1 is 1.60 bits per heavy atom. The third kappa shape index (κ3) is 1.98. The van der Waals surface area contributed by atoms with E-state index in [9.17, 15) is 13.5 Å². The first-order chi connectivity index (χ1) is 9.46. The minimum Gasteiger partial charge on any atom is -0.395 e. The Morgan fingerprint density at radius 3 is 3.05 bits per heavy atom. The molecule has 6 nitrogen and oxygen atoms in total. The molecule has 1 fully saturated rings. The highest BCUT2D eigenvalue weighted by molar-refractivity contribution is 7.89. The van der Waals surface area contributed by atoms with E-state index >= 15 is 0 Å². The van der Waals surface area contributed by atoms with E-state index in [1.807, 2.05) is 6.92 Å². The van der Waals surface area contributed by atoms with Crippen LogP contribution in [0.4, 0.5) is 0 Å². The number of fused-ring (bicyclic) bond motifs is 1. The van der Waals surface area contributed by atoms with Crippen molar-refractivity contribution in [1.29, 1.82) is 0 Å². The number of nitrogens with zero attached hydrogens (tertiary/aromatic N) is 3. The molecule has 0 saturated carbocycles. The van der Waals surface area contributed by atoms with Gasteiger partial charge in [-0.25, -0.2) is 13.4 Å². The largest absolute Gasteiger partial charge is 0.395 e. The van der Waals surface area contributed by atoms with Crippen LogP contribution in [-0.4, -0.2) is 46.4 Å². The number of imidazole rings is 1. The zero-order valence-electron chi connectivity index (χ0n) is 10.7. The molecule has 0 amide bonds. The molecule has 1 aliphatic heterocycles. The molecule has 1 N–H and O–H groups in total. The maximum atomic E-state index is 12.8. The number of rotatable bonds is 3. The summed E-state index contributed by atoms with van der Waals surface area (Å²) < 4.78 is 28.5. The molecule has 2 aromatic rings. The molecular formula is C11H14ClN3O3S2. The van der Waals surface area contributed by atoms with Gasteiger partial charge >= 0.3 is 0 Å². The highest BCUT2D eigenvalue weighted by atomic mass is 35.5. The molecule has 0 aromatic carbocycles. The molecular weight excluding hydrogens is 322 g/mol. The third-order valence-corrected chi connectivity index (χ3v) is 6.83. The lowest BCUT2D eigenvalue weighted by Crippen LogP contribution is -2.40. The van der Waals surface area contributed by atoms with E-state index in [0.717, 1.165) is 6.42 Å². The fourth-order valence-electron chi connectivity index (χ4n) is 2.62. The van der Waals surface area contributed by atoms with E-state index < -0.39 is 16.1 Å². The molecule has 3 heterocycles. The van der Waals surface area contributed by atoms with Gasteiger partial charge in [-0.1, -0.05) is 18.5 Å². The Balaban J connectivity index is 2.12. The van der Waals surface area contributed by atoms with E-state index in [-0.39, 0.29) is 22.7 Å². The summed E-state index contributed by atoms with van der Waals surface area (Å²) in [6.45, 7) is 2.14. The smallest absolute Gasteiger partial charge is 0.262 e. The highest BCUT2D eigenvalue weighted by Gasteiger charge is 2.41. The second-order valence-corrected chi connectivity index (χ2v) is 7.93. The Hall–Kier alpha value is -0.670. The van der Waals surface area contributed by atoms with Crippen LogP contribution in [0.2, 0.25) is 5.15 Å². The number of thiazole rings is 1. The maximum Gasteiger partial charge on any atom is 0.262 e. The molecule has 2 atom stereocenters. The van der Waals surface area contributed by atoms with E-state index in [4.69, 9.17) is 11.6 Å². The summed E-state index contributed by atoms with van der Waals surface area (Å²) in [4.78, 5) is 4.60. The molecule has 0 spiro atoms. The zero-order chi connectivity index (χ0) is 14.5.